The van der Waals surface area contributed by atoms with Gasteiger partial charge in [0.25, 0.3) is 0 Å². The van der Waals surface area contributed by atoms with E-state index in [1.165, 1.54) is 36.8 Å². The summed E-state index contributed by atoms with van der Waals surface area (Å²) in [6.07, 6.45) is 3.56. The van der Waals surface area contributed by atoms with Gasteiger partial charge in [0.1, 0.15) is 0 Å². The minimum atomic E-state index is 0.0412. The second-order valence-corrected chi connectivity index (χ2v) is 11.3. The lowest BCUT2D eigenvalue weighted by atomic mass is 9.55. The lowest BCUT2D eigenvalue weighted by Crippen LogP contribution is -2.36. The number of rotatable bonds is 0. The van der Waals surface area contributed by atoms with Gasteiger partial charge in [0, 0.05) is 20.3 Å². The third kappa shape index (κ3) is 2.26. The van der Waals surface area contributed by atoms with E-state index in [4.69, 9.17) is 0 Å². The number of allylic oxidation sites excluding steroid dienone is 3. The fraction of sp³-hybridized carbons (Fsp3) is 0.360. The Bertz CT molecular complexity index is 1080. The summed E-state index contributed by atoms with van der Waals surface area (Å²) in [7, 11) is 0. The van der Waals surface area contributed by atoms with Crippen LogP contribution < -0.4 is 0 Å². The Balaban J connectivity index is 1.81. The number of aryl methyl sites for hydroxylation is 1. The molecule has 138 valence electrons. The van der Waals surface area contributed by atoms with Crippen molar-refractivity contribution in [2.45, 2.75) is 47.0 Å². The molecule has 0 aliphatic heterocycles. The van der Waals surface area contributed by atoms with Gasteiger partial charge >= 0.3 is 0 Å². The third-order valence-corrected chi connectivity index (χ3v) is 8.14. The highest BCUT2D eigenvalue weighted by Gasteiger charge is 2.53. The van der Waals surface area contributed by atoms with E-state index in [0.29, 0.717) is 5.92 Å². The number of hydrogen-bond donors (Lipinski definition) is 0. The van der Waals surface area contributed by atoms with E-state index in [2.05, 4.69) is 103 Å². The van der Waals surface area contributed by atoms with Crippen LogP contribution >= 0.6 is 31.9 Å². The molecule has 5 rings (SSSR count). The van der Waals surface area contributed by atoms with Gasteiger partial charge in [-0.1, -0.05) is 82.8 Å². The minimum absolute atomic E-state index is 0.0412. The molecule has 0 heterocycles. The summed E-state index contributed by atoms with van der Waals surface area (Å²) < 4.78 is 2.37. The van der Waals surface area contributed by atoms with Gasteiger partial charge in [0.15, 0.2) is 0 Å². The maximum Gasteiger partial charge on any atom is 0.0184 e. The van der Waals surface area contributed by atoms with Gasteiger partial charge in [0.2, 0.25) is 0 Å². The summed E-state index contributed by atoms with van der Waals surface area (Å²) in [4.78, 5) is 0. The van der Waals surface area contributed by atoms with Crippen LogP contribution in [0, 0.1) is 17.8 Å². The van der Waals surface area contributed by atoms with E-state index in [1.54, 1.807) is 16.7 Å². The van der Waals surface area contributed by atoms with E-state index in [1.807, 2.05) is 0 Å². The van der Waals surface area contributed by atoms with E-state index < -0.39 is 0 Å². The first-order valence-electron chi connectivity index (χ1n) is 9.67. The molecule has 2 heteroatoms. The molecule has 3 aliphatic rings. The van der Waals surface area contributed by atoms with Gasteiger partial charge in [-0.05, 0) is 76.4 Å². The van der Waals surface area contributed by atoms with Crippen molar-refractivity contribution in [3.63, 3.8) is 0 Å². The molecule has 0 fully saturated rings. The Labute approximate surface area is 179 Å². The molecule has 2 aromatic carbocycles. The molecule has 27 heavy (non-hydrogen) atoms. The quantitative estimate of drug-likeness (QED) is 0.355. The number of halogens is 2. The van der Waals surface area contributed by atoms with Crippen molar-refractivity contribution < 1.29 is 0 Å². The number of benzene rings is 2. The van der Waals surface area contributed by atoms with Crippen LogP contribution in [-0.4, -0.2) is 0 Å². The highest BCUT2D eigenvalue weighted by molar-refractivity contribution is 9.10. The normalized spacial score (nSPS) is 23.5. The molecule has 0 spiro atoms. The lowest BCUT2D eigenvalue weighted by molar-refractivity contribution is 0.328. The van der Waals surface area contributed by atoms with E-state index in [-0.39, 0.29) is 10.8 Å². The zero-order valence-corrected chi connectivity index (χ0v) is 19.7. The second-order valence-electron chi connectivity index (χ2n) is 9.43. The van der Waals surface area contributed by atoms with Crippen molar-refractivity contribution in [1.29, 1.82) is 0 Å². The average Bonchev–Trinajstić information content (AvgIpc) is 3.13. The fourth-order valence-corrected chi connectivity index (χ4v) is 6.86. The topological polar surface area (TPSA) is 0 Å². The summed E-state index contributed by atoms with van der Waals surface area (Å²) >= 11 is 7.45. The molecule has 0 bridgehead atoms. The predicted octanol–water partition coefficient (Wildman–Crippen LogP) is 8.08. The van der Waals surface area contributed by atoms with E-state index in [0.717, 1.165) is 6.42 Å². The SMILES string of the molecule is Cc1cc(Br)cc2c1CC1=C2C(C)(C)C2=Cc3ccc(Br)cc3C2C1(C)C. The highest BCUT2D eigenvalue weighted by Crippen LogP contribution is 2.67. The van der Waals surface area contributed by atoms with Crippen LogP contribution in [0.4, 0.5) is 0 Å². The Morgan fingerprint density at radius 1 is 0.963 bits per heavy atom. The van der Waals surface area contributed by atoms with Crippen LogP contribution in [0.3, 0.4) is 0 Å². The van der Waals surface area contributed by atoms with Gasteiger partial charge in [-0.2, -0.15) is 0 Å². The first-order chi connectivity index (χ1) is 12.6. The van der Waals surface area contributed by atoms with Crippen LogP contribution in [0.1, 0.15) is 61.4 Å². The molecule has 3 aliphatic carbocycles. The summed E-state index contributed by atoms with van der Waals surface area (Å²) in [6, 6.07) is 11.4. The molecule has 0 aromatic heterocycles. The largest absolute Gasteiger partial charge is 0.0552 e. The monoisotopic (exact) mass is 482 g/mol. The van der Waals surface area contributed by atoms with Crippen LogP contribution in [-0.2, 0) is 6.42 Å². The van der Waals surface area contributed by atoms with Crippen LogP contribution in [0.5, 0.6) is 0 Å². The fourth-order valence-electron chi connectivity index (χ4n) is 5.91. The van der Waals surface area contributed by atoms with E-state index in [9.17, 15) is 0 Å². The van der Waals surface area contributed by atoms with Gasteiger partial charge in [-0.15, -0.1) is 0 Å². The highest BCUT2D eigenvalue weighted by atomic mass is 79.9. The first-order valence-corrected chi connectivity index (χ1v) is 11.3. The molecule has 0 saturated heterocycles. The smallest absolute Gasteiger partial charge is 0.0184 e. The van der Waals surface area contributed by atoms with Crippen molar-refractivity contribution in [2.24, 2.45) is 10.8 Å². The summed E-state index contributed by atoms with van der Waals surface area (Å²) in [5, 5.41) is 0. The molecule has 0 N–H and O–H groups in total. The Morgan fingerprint density at radius 2 is 1.70 bits per heavy atom. The average molecular weight is 484 g/mol. The Hall–Kier alpha value is -1.12. The van der Waals surface area contributed by atoms with Gasteiger partial charge in [-0.25, -0.2) is 0 Å². The number of fused-ring (bicyclic) bond motifs is 5. The maximum absolute atomic E-state index is 3.74. The van der Waals surface area contributed by atoms with Crippen molar-refractivity contribution in [3.8, 4) is 0 Å². The van der Waals surface area contributed by atoms with Crippen molar-refractivity contribution in [2.75, 3.05) is 0 Å². The minimum Gasteiger partial charge on any atom is -0.0552 e. The molecule has 1 unspecified atom stereocenters. The van der Waals surface area contributed by atoms with Gasteiger partial charge in [-0.3, -0.25) is 0 Å². The molecule has 1 atom stereocenters. The van der Waals surface area contributed by atoms with Crippen molar-refractivity contribution in [3.05, 3.63) is 78.2 Å². The zero-order chi connectivity index (χ0) is 19.3. The summed E-state index contributed by atoms with van der Waals surface area (Å²) in [5.41, 5.74) is 12.2. The Kier molecular flexibility index (Phi) is 3.64. The summed E-state index contributed by atoms with van der Waals surface area (Å²) in [6.45, 7) is 12.0. The standard InChI is InChI=1S/C25H24Br2/c1-13-8-16(27)11-19-17(13)12-21-23(19)24(2,3)20-9-14-6-7-15(26)10-18(14)22(20)25(21,4)5/h6-11,22H,12H2,1-5H3. The van der Waals surface area contributed by atoms with E-state index >= 15 is 0 Å². The number of hydrogen-bond acceptors (Lipinski definition) is 0. The molecular weight excluding hydrogens is 460 g/mol. The van der Waals surface area contributed by atoms with Crippen molar-refractivity contribution >= 4 is 43.5 Å². The Morgan fingerprint density at radius 3 is 2.44 bits per heavy atom. The predicted molar refractivity (Wildman–Crippen MR) is 122 cm³/mol. The molecule has 0 amide bonds. The second kappa shape index (κ2) is 5.48. The van der Waals surface area contributed by atoms with Crippen LogP contribution in [0.15, 0.2) is 50.4 Å². The first kappa shape index (κ1) is 17.9. The molecule has 0 saturated carbocycles. The molecular formula is C25H24Br2. The molecule has 2 aromatic rings. The third-order valence-electron chi connectivity index (χ3n) is 7.19. The molecule has 0 nitrogen and oxygen atoms in total. The van der Waals surface area contributed by atoms with Crippen molar-refractivity contribution in [1.82, 2.24) is 0 Å². The summed E-state index contributed by atoms with van der Waals surface area (Å²) in [5.74, 6) is 0.455. The van der Waals surface area contributed by atoms with Gasteiger partial charge in [0.05, 0.1) is 0 Å². The van der Waals surface area contributed by atoms with Gasteiger partial charge < -0.3 is 0 Å². The zero-order valence-electron chi connectivity index (χ0n) is 16.5. The molecule has 0 radical (unpaired) electrons. The van der Waals surface area contributed by atoms with Crippen LogP contribution in [0.2, 0.25) is 0 Å². The van der Waals surface area contributed by atoms with Crippen LogP contribution in [0.25, 0.3) is 11.6 Å². The maximum atomic E-state index is 3.74. The lowest BCUT2D eigenvalue weighted by Gasteiger charge is -2.48.